The van der Waals surface area contributed by atoms with Crippen molar-refractivity contribution in [2.24, 2.45) is 0 Å². The van der Waals surface area contributed by atoms with Crippen LogP contribution in [0.3, 0.4) is 0 Å². The monoisotopic (exact) mass is 232 g/mol. The van der Waals surface area contributed by atoms with Crippen LogP contribution in [0, 0.1) is 0 Å². The van der Waals surface area contributed by atoms with Gasteiger partial charge in [0.2, 0.25) is 5.91 Å². The Bertz CT molecular complexity index is 213. The van der Waals surface area contributed by atoms with Crippen LogP contribution >= 0.6 is 0 Å². The molecule has 1 amide bonds. The normalized spacial score (nSPS) is 24.6. The molecule has 2 unspecified atom stereocenters. The Morgan fingerprint density at radius 2 is 2.31 bits per heavy atom. The summed E-state index contributed by atoms with van der Waals surface area (Å²) in [5.74, 6) is -0.0770. The molecule has 1 fully saturated rings. The van der Waals surface area contributed by atoms with Crippen molar-refractivity contribution in [2.45, 2.75) is 18.6 Å². The van der Waals surface area contributed by atoms with Crippen molar-refractivity contribution in [1.29, 1.82) is 0 Å². The van der Waals surface area contributed by atoms with E-state index in [9.17, 15) is 9.90 Å². The number of carbonyl (C=O) groups is 1. The van der Waals surface area contributed by atoms with Gasteiger partial charge in [-0.1, -0.05) is 0 Å². The largest absolute Gasteiger partial charge is 0.392 e. The van der Waals surface area contributed by atoms with E-state index in [1.807, 2.05) is 0 Å². The number of rotatable bonds is 7. The minimum absolute atomic E-state index is 0.0770. The van der Waals surface area contributed by atoms with Gasteiger partial charge < -0.3 is 25.2 Å². The fourth-order valence-corrected chi connectivity index (χ4v) is 1.53. The van der Waals surface area contributed by atoms with Crippen molar-refractivity contribution >= 4 is 5.91 Å². The zero-order valence-corrected chi connectivity index (χ0v) is 9.57. The number of methoxy groups -OCH3 is 1. The van der Waals surface area contributed by atoms with Gasteiger partial charge in [0, 0.05) is 20.2 Å². The third-order valence-corrected chi connectivity index (χ3v) is 2.40. The third kappa shape index (κ3) is 4.89. The molecule has 0 spiro atoms. The highest BCUT2D eigenvalue weighted by Gasteiger charge is 2.27. The Morgan fingerprint density at radius 1 is 1.50 bits per heavy atom. The second-order valence-electron chi connectivity index (χ2n) is 3.75. The van der Waals surface area contributed by atoms with Crippen LogP contribution in [0.5, 0.6) is 0 Å². The SMILES string of the molecule is COCCOCCNC(=O)C1CC(O)CN1. The minimum Gasteiger partial charge on any atom is -0.392 e. The number of hydrogen-bond donors (Lipinski definition) is 3. The van der Waals surface area contributed by atoms with E-state index in [0.717, 1.165) is 0 Å². The standard InChI is InChI=1S/C10H20N2O4/c1-15-4-5-16-3-2-11-10(14)9-6-8(13)7-12-9/h8-9,12-13H,2-7H2,1H3,(H,11,14). The van der Waals surface area contributed by atoms with Crippen molar-refractivity contribution in [3.63, 3.8) is 0 Å². The molecule has 1 rings (SSSR count). The number of carbonyl (C=O) groups excluding carboxylic acids is 1. The molecule has 6 heteroatoms. The molecule has 1 heterocycles. The van der Waals surface area contributed by atoms with Crippen molar-refractivity contribution in [2.75, 3.05) is 40.0 Å². The van der Waals surface area contributed by atoms with E-state index < -0.39 is 6.10 Å². The first-order chi connectivity index (χ1) is 7.74. The Labute approximate surface area is 95.3 Å². The van der Waals surface area contributed by atoms with Gasteiger partial charge >= 0.3 is 0 Å². The maximum atomic E-state index is 11.5. The molecular formula is C10H20N2O4. The highest BCUT2D eigenvalue weighted by molar-refractivity contribution is 5.82. The van der Waals surface area contributed by atoms with Crippen LogP contribution in [-0.2, 0) is 14.3 Å². The second kappa shape index (κ2) is 7.56. The Balaban J connectivity index is 1.98. The van der Waals surface area contributed by atoms with E-state index in [1.54, 1.807) is 7.11 Å². The van der Waals surface area contributed by atoms with Gasteiger partial charge in [-0.05, 0) is 6.42 Å². The first-order valence-electron chi connectivity index (χ1n) is 5.50. The molecule has 0 bridgehead atoms. The zero-order valence-electron chi connectivity index (χ0n) is 9.57. The zero-order chi connectivity index (χ0) is 11.8. The predicted octanol–water partition coefficient (Wildman–Crippen LogP) is -1.51. The van der Waals surface area contributed by atoms with Gasteiger partial charge in [0.15, 0.2) is 0 Å². The van der Waals surface area contributed by atoms with E-state index in [2.05, 4.69) is 10.6 Å². The van der Waals surface area contributed by atoms with E-state index in [4.69, 9.17) is 9.47 Å². The van der Waals surface area contributed by atoms with Crippen molar-refractivity contribution < 1.29 is 19.4 Å². The lowest BCUT2D eigenvalue weighted by Gasteiger charge is -2.10. The topological polar surface area (TPSA) is 79.8 Å². The average Bonchev–Trinajstić information content (AvgIpc) is 2.70. The molecule has 0 aliphatic carbocycles. The molecule has 3 N–H and O–H groups in total. The van der Waals surface area contributed by atoms with Crippen LogP contribution in [-0.4, -0.2) is 63.2 Å². The molecule has 1 aliphatic heterocycles. The minimum atomic E-state index is -0.409. The second-order valence-corrected chi connectivity index (χ2v) is 3.75. The van der Waals surface area contributed by atoms with Crippen molar-refractivity contribution in [1.82, 2.24) is 10.6 Å². The summed E-state index contributed by atoms with van der Waals surface area (Å²) in [6.45, 7) is 2.54. The van der Waals surface area contributed by atoms with Gasteiger partial charge in [-0.25, -0.2) is 0 Å². The van der Waals surface area contributed by atoms with Gasteiger partial charge in [0.05, 0.1) is 32.0 Å². The summed E-state index contributed by atoms with van der Waals surface area (Å²) in [6, 6.07) is -0.269. The lowest BCUT2D eigenvalue weighted by Crippen LogP contribution is -2.41. The summed E-state index contributed by atoms with van der Waals surface area (Å²) in [6.07, 6.45) is 0.0739. The van der Waals surface area contributed by atoms with Crippen LogP contribution in [0.1, 0.15) is 6.42 Å². The predicted molar refractivity (Wildman–Crippen MR) is 58.1 cm³/mol. The molecule has 0 aromatic rings. The van der Waals surface area contributed by atoms with Gasteiger partial charge in [-0.3, -0.25) is 4.79 Å². The maximum Gasteiger partial charge on any atom is 0.237 e. The Hall–Kier alpha value is -0.690. The highest BCUT2D eigenvalue weighted by atomic mass is 16.5. The number of aliphatic hydroxyl groups is 1. The number of amides is 1. The smallest absolute Gasteiger partial charge is 0.237 e. The summed E-state index contributed by atoms with van der Waals surface area (Å²) < 4.78 is 10.0. The molecule has 0 aromatic heterocycles. The van der Waals surface area contributed by atoms with Crippen LogP contribution in [0.4, 0.5) is 0 Å². The molecule has 0 aromatic carbocycles. The first-order valence-corrected chi connectivity index (χ1v) is 5.50. The molecule has 0 radical (unpaired) electrons. The fourth-order valence-electron chi connectivity index (χ4n) is 1.53. The lowest BCUT2D eigenvalue weighted by atomic mass is 10.2. The molecular weight excluding hydrogens is 212 g/mol. The van der Waals surface area contributed by atoms with Crippen LogP contribution in [0.25, 0.3) is 0 Å². The summed E-state index contributed by atoms with van der Waals surface area (Å²) in [4.78, 5) is 11.5. The number of hydrogen-bond acceptors (Lipinski definition) is 5. The van der Waals surface area contributed by atoms with Crippen LogP contribution in [0.2, 0.25) is 0 Å². The van der Waals surface area contributed by atoms with Crippen LogP contribution in [0.15, 0.2) is 0 Å². The van der Waals surface area contributed by atoms with Crippen LogP contribution < -0.4 is 10.6 Å². The quantitative estimate of drug-likeness (QED) is 0.465. The lowest BCUT2D eigenvalue weighted by molar-refractivity contribution is -0.123. The average molecular weight is 232 g/mol. The van der Waals surface area contributed by atoms with Gasteiger partial charge in [-0.2, -0.15) is 0 Å². The maximum absolute atomic E-state index is 11.5. The van der Waals surface area contributed by atoms with Gasteiger partial charge in [0.25, 0.3) is 0 Å². The number of ether oxygens (including phenoxy) is 2. The first kappa shape index (κ1) is 13.4. The van der Waals surface area contributed by atoms with Gasteiger partial charge in [-0.15, -0.1) is 0 Å². The van der Waals surface area contributed by atoms with E-state index in [-0.39, 0.29) is 11.9 Å². The molecule has 6 nitrogen and oxygen atoms in total. The summed E-state index contributed by atoms with van der Waals surface area (Å²) in [5.41, 5.74) is 0. The molecule has 1 aliphatic rings. The summed E-state index contributed by atoms with van der Waals surface area (Å²) in [5, 5.41) is 14.9. The van der Waals surface area contributed by atoms with Crippen molar-refractivity contribution in [3.05, 3.63) is 0 Å². The molecule has 94 valence electrons. The van der Waals surface area contributed by atoms with E-state index in [1.165, 1.54) is 0 Å². The summed E-state index contributed by atoms with van der Waals surface area (Å²) in [7, 11) is 1.61. The van der Waals surface area contributed by atoms with E-state index in [0.29, 0.717) is 39.3 Å². The highest BCUT2D eigenvalue weighted by Crippen LogP contribution is 2.05. The summed E-state index contributed by atoms with van der Waals surface area (Å²) >= 11 is 0. The number of nitrogens with one attached hydrogen (secondary N) is 2. The van der Waals surface area contributed by atoms with E-state index >= 15 is 0 Å². The third-order valence-electron chi connectivity index (χ3n) is 2.40. The Morgan fingerprint density at radius 3 is 2.94 bits per heavy atom. The Kier molecular flexibility index (Phi) is 6.32. The fraction of sp³-hybridized carbons (Fsp3) is 0.900. The number of β-amino-alcohol motifs (C(OH)–C–C–N with tert-alkyl or cyclic N) is 1. The number of aliphatic hydroxyl groups excluding tert-OH is 1. The van der Waals surface area contributed by atoms with Crippen molar-refractivity contribution in [3.8, 4) is 0 Å². The molecule has 0 saturated carbocycles. The molecule has 1 saturated heterocycles. The van der Waals surface area contributed by atoms with Gasteiger partial charge in [0.1, 0.15) is 0 Å². The molecule has 16 heavy (non-hydrogen) atoms. The molecule has 2 atom stereocenters.